The summed E-state index contributed by atoms with van der Waals surface area (Å²) in [6.07, 6.45) is 5.07. The summed E-state index contributed by atoms with van der Waals surface area (Å²) in [6, 6.07) is 0. The van der Waals surface area contributed by atoms with E-state index in [4.69, 9.17) is 13.9 Å². The molecule has 0 amide bonds. The molecular weight excluding hydrogens is 424 g/mol. The van der Waals surface area contributed by atoms with Gasteiger partial charge in [0.15, 0.2) is 0 Å². The van der Waals surface area contributed by atoms with Crippen molar-refractivity contribution >= 4 is 21.0 Å². The summed E-state index contributed by atoms with van der Waals surface area (Å²) in [5, 5.41) is 9.26. The number of esters is 1. The number of rotatable bonds is 7. The fourth-order valence-corrected chi connectivity index (χ4v) is 5.73. The molecule has 6 nitrogen and oxygen atoms in total. The Hall–Kier alpha value is -2.12. The first-order valence-electron chi connectivity index (χ1n) is 11.3. The highest BCUT2D eigenvalue weighted by atomic mass is 28.3. The van der Waals surface area contributed by atoms with Crippen LogP contribution in [0.4, 0.5) is 0 Å². The van der Waals surface area contributed by atoms with E-state index in [9.17, 15) is 14.7 Å². The van der Waals surface area contributed by atoms with Gasteiger partial charge in [0.05, 0.1) is 19.1 Å². The van der Waals surface area contributed by atoms with Crippen LogP contribution in [0.15, 0.2) is 11.6 Å². The van der Waals surface area contributed by atoms with Gasteiger partial charge in [-0.3, -0.25) is 4.79 Å². The number of fused-ring (bicyclic) bond motifs is 1. The number of carbonyl (C=O) groups excluding carboxylic acids is 1. The number of ether oxygens (including phenoxy) is 2. The van der Waals surface area contributed by atoms with Gasteiger partial charge in [-0.25, -0.2) is 4.79 Å². The molecular formula is C25H35O6Si. The third kappa shape index (κ3) is 4.78. The van der Waals surface area contributed by atoms with E-state index in [0.29, 0.717) is 12.0 Å². The molecule has 0 spiro atoms. The van der Waals surface area contributed by atoms with Crippen LogP contribution in [0.1, 0.15) is 85.4 Å². The minimum absolute atomic E-state index is 0.0875. The Bertz CT molecular complexity index is 941. The van der Waals surface area contributed by atoms with E-state index in [1.165, 1.54) is 5.57 Å². The maximum atomic E-state index is 13.1. The number of hydrogen-bond donors (Lipinski definition) is 1. The Morgan fingerprint density at radius 3 is 2.56 bits per heavy atom. The molecule has 1 unspecified atom stereocenters. The zero-order valence-electron chi connectivity index (χ0n) is 20.3. The number of carboxylic acids is 1. The Morgan fingerprint density at radius 1 is 1.31 bits per heavy atom. The molecule has 1 saturated carbocycles. The maximum Gasteiger partial charge on any atom is 0.341 e. The Morgan fingerprint density at radius 2 is 2.00 bits per heavy atom. The molecule has 3 rings (SSSR count). The van der Waals surface area contributed by atoms with E-state index < -0.39 is 21.3 Å². The third-order valence-corrected chi connectivity index (χ3v) is 7.01. The second-order valence-corrected chi connectivity index (χ2v) is 12.0. The highest BCUT2D eigenvalue weighted by Gasteiger charge is 2.42. The number of hydrogen-bond acceptors (Lipinski definition) is 5. The van der Waals surface area contributed by atoms with Gasteiger partial charge in [-0.1, -0.05) is 32.4 Å². The lowest BCUT2D eigenvalue weighted by Crippen LogP contribution is -2.21. The average Bonchev–Trinajstić information content (AvgIpc) is 3.22. The standard InChI is InChI=1S/C25H35O6Si/c1-14-19-20(23(28)30-24(19)31-32(6)7)21(25(2,3)4)17(22(14)29-5)12-11-15-9-8-10-16(15)13-18(26)27/h11,16,24H,8-10,12-13H2,1-7H3,(H,26,27)/t16-,24?/m0/s1. The van der Waals surface area contributed by atoms with Crippen LogP contribution >= 0.6 is 0 Å². The van der Waals surface area contributed by atoms with E-state index in [0.717, 1.165) is 47.3 Å². The van der Waals surface area contributed by atoms with Crippen LogP contribution in [0.3, 0.4) is 0 Å². The van der Waals surface area contributed by atoms with Gasteiger partial charge in [0.2, 0.25) is 15.3 Å². The van der Waals surface area contributed by atoms with Crippen LogP contribution in [0.2, 0.25) is 13.1 Å². The van der Waals surface area contributed by atoms with Crippen molar-refractivity contribution in [2.45, 2.75) is 84.6 Å². The Balaban J connectivity index is 2.16. The highest BCUT2D eigenvalue weighted by molar-refractivity contribution is 6.48. The average molecular weight is 460 g/mol. The summed E-state index contributed by atoms with van der Waals surface area (Å²) < 4.78 is 17.6. The quantitative estimate of drug-likeness (QED) is 0.330. The van der Waals surface area contributed by atoms with Crippen molar-refractivity contribution in [2.24, 2.45) is 5.92 Å². The van der Waals surface area contributed by atoms with Crippen LogP contribution in [0, 0.1) is 12.8 Å². The van der Waals surface area contributed by atoms with Gasteiger partial charge in [-0.2, -0.15) is 0 Å². The van der Waals surface area contributed by atoms with E-state index in [-0.39, 0.29) is 23.7 Å². The van der Waals surface area contributed by atoms with Crippen molar-refractivity contribution in [3.05, 3.63) is 39.5 Å². The summed E-state index contributed by atoms with van der Waals surface area (Å²) in [4.78, 5) is 24.3. The first kappa shape index (κ1) is 24.5. The second kappa shape index (κ2) is 9.39. The lowest BCUT2D eigenvalue weighted by Gasteiger charge is -2.28. The summed E-state index contributed by atoms with van der Waals surface area (Å²) >= 11 is 0. The van der Waals surface area contributed by atoms with Crippen LogP contribution in [-0.4, -0.2) is 33.2 Å². The molecule has 1 aromatic carbocycles. The van der Waals surface area contributed by atoms with Crippen molar-refractivity contribution in [2.75, 3.05) is 7.11 Å². The van der Waals surface area contributed by atoms with Gasteiger partial charge < -0.3 is 19.0 Å². The number of carboxylic acid groups (broad SMARTS) is 1. The molecule has 175 valence electrons. The maximum absolute atomic E-state index is 13.1. The Kier molecular flexibility index (Phi) is 7.20. The molecule has 0 saturated heterocycles. The van der Waals surface area contributed by atoms with Crippen molar-refractivity contribution in [1.29, 1.82) is 0 Å². The predicted octanol–water partition coefficient (Wildman–Crippen LogP) is 5.48. The first-order valence-corrected chi connectivity index (χ1v) is 13.7. The third-order valence-electron chi connectivity index (χ3n) is 6.32. The van der Waals surface area contributed by atoms with Gasteiger partial charge in [0.25, 0.3) is 0 Å². The largest absolute Gasteiger partial charge is 0.496 e. The van der Waals surface area contributed by atoms with Gasteiger partial charge >= 0.3 is 11.9 Å². The first-order chi connectivity index (χ1) is 15.0. The normalized spacial score (nSPS) is 21.9. The molecule has 1 fully saturated rings. The lowest BCUT2D eigenvalue weighted by atomic mass is 9.76. The molecule has 1 aromatic rings. The number of carbonyl (C=O) groups is 2. The van der Waals surface area contributed by atoms with Crippen molar-refractivity contribution in [3.63, 3.8) is 0 Å². The van der Waals surface area contributed by atoms with Gasteiger partial charge in [-0.15, -0.1) is 0 Å². The Labute approximate surface area is 192 Å². The highest BCUT2D eigenvalue weighted by Crippen LogP contribution is 2.47. The molecule has 2 atom stereocenters. The minimum atomic E-state index is -1.09. The number of allylic oxidation sites excluding steroid dienone is 2. The molecule has 0 aromatic heterocycles. The van der Waals surface area contributed by atoms with Crippen molar-refractivity contribution in [1.82, 2.24) is 0 Å². The summed E-state index contributed by atoms with van der Waals surface area (Å²) in [7, 11) is 0.568. The van der Waals surface area contributed by atoms with Gasteiger partial charge in [0.1, 0.15) is 5.75 Å². The number of benzene rings is 1. The number of aliphatic carboxylic acids is 1. The smallest absolute Gasteiger partial charge is 0.341 e. The molecule has 1 aliphatic carbocycles. The monoisotopic (exact) mass is 459 g/mol. The molecule has 1 radical (unpaired) electrons. The molecule has 1 aliphatic heterocycles. The summed E-state index contributed by atoms with van der Waals surface area (Å²) in [5.41, 5.74) is 5.03. The SMILES string of the molecule is COc1c(C)c2c(c(C(C)(C)C)c1CC=C1CCC[C@H]1CC(=O)O)C(=O)OC2O[Si](C)C. The summed E-state index contributed by atoms with van der Waals surface area (Å²) in [5.74, 6) is -0.260. The van der Waals surface area contributed by atoms with E-state index in [2.05, 4.69) is 26.8 Å². The molecule has 0 bridgehead atoms. The van der Waals surface area contributed by atoms with Gasteiger partial charge in [0, 0.05) is 16.7 Å². The fourth-order valence-electron chi connectivity index (χ4n) is 5.14. The minimum Gasteiger partial charge on any atom is -0.496 e. The van der Waals surface area contributed by atoms with Crippen LogP contribution in [0.25, 0.3) is 0 Å². The molecule has 32 heavy (non-hydrogen) atoms. The molecule has 7 heteroatoms. The molecule has 1 heterocycles. The number of cyclic esters (lactones) is 1. The second-order valence-electron chi connectivity index (χ2n) is 9.98. The molecule has 1 N–H and O–H groups in total. The van der Waals surface area contributed by atoms with Crippen LogP contribution in [0.5, 0.6) is 5.75 Å². The lowest BCUT2D eigenvalue weighted by molar-refractivity contribution is -0.137. The van der Waals surface area contributed by atoms with E-state index in [1.807, 2.05) is 20.0 Å². The topological polar surface area (TPSA) is 82.1 Å². The fraction of sp³-hybridized carbons (Fsp3) is 0.600. The zero-order valence-corrected chi connectivity index (χ0v) is 21.3. The van der Waals surface area contributed by atoms with Crippen LogP contribution in [-0.2, 0) is 25.8 Å². The van der Waals surface area contributed by atoms with Crippen LogP contribution < -0.4 is 4.74 Å². The number of methoxy groups -OCH3 is 1. The van der Waals surface area contributed by atoms with E-state index in [1.54, 1.807) is 7.11 Å². The van der Waals surface area contributed by atoms with E-state index >= 15 is 0 Å². The molecule has 2 aliphatic rings. The zero-order chi connectivity index (χ0) is 23.8. The van der Waals surface area contributed by atoms with Crippen molar-refractivity contribution in [3.8, 4) is 5.75 Å². The van der Waals surface area contributed by atoms with Gasteiger partial charge in [-0.05, 0) is 62.6 Å². The summed E-state index contributed by atoms with van der Waals surface area (Å²) in [6.45, 7) is 12.3. The van der Waals surface area contributed by atoms with Crippen molar-refractivity contribution < 1.29 is 28.6 Å². The predicted molar refractivity (Wildman–Crippen MR) is 125 cm³/mol.